The van der Waals surface area contributed by atoms with Gasteiger partial charge in [0.15, 0.2) is 0 Å². The number of carbonyl (C=O) groups is 1. The fourth-order valence-electron chi connectivity index (χ4n) is 2.44. The van der Waals surface area contributed by atoms with Crippen molar-refractivity contribution in [3.8, 4) is 0 Å². The molecule has 1 N–H and O–H groups in total. The first-order valence-corrected chi connectivity index (χ1v) is 6.27. The Bertz CT molecular complexity index is 432. The second-order valence-corrected chi connectivity index (χ2v) is 5.15. The van der Waals surface area contributed by atoms with Crippen molar-refractivity contribution in [3.05, 3.63) is 35.4 Å². The quantitative estimate of drug-likeness (QED) is 0.877. The predicted molar refractivity (Wildman–Crippen MR) is 70.8 cm³/mol. The van der Waals surface area contributed by atoms with Crippen molar-refractivity contribution in [2.45, 2.75) is 19.0 Å². The van der Waals surface area contributed by atoms with Crippen molar-refractivity contribution >= 4 is 5.97 Å². The lowest BCUT2D eigenvalue weighted by Gasteiger charge is -2.20. The standard InChI is InChI=1S/C14H20N2O2/c1-15(2)13-6-7-16(10-13)9-11-4-3-5-12(8-11)14(17)18/h3-5,8,13H,6-7,9-10H2,1-2H3,(H,17,18). The van der Waals surface area contributed by atoms with Crippen LogP contribution in [0.4, 0.5) is 0 Å². The van der Waals surface area contributed by atoms with Gasteiger partial charge in [-0.2, -0.15) is 0 Å². The molecule has 1 aromatic rings. The Morgan fingerprint density at radius 2 is 2.28 bits per heavy atom. The molecule has 1 fully saturated rings. The molecule has 98 valence electrons. The summed E-state index contributed by atoms with van der Waals surface area (Å²) in [4.78, 5) is 15.5. The number of hydrogen-bond donors (Lipinski definition) is 1. The number of benzene rings is 1. The van der Waals surface area contributed by atoms with Gasteiger partial charge in [-0.3, -0.25) is 4.90 Å². The topological polar surface area (TPSA) is 43.8 Å². The number of likely N-dealkylation sites (tertiary alicyclic amines) is 1. The molecule has 1 aliphatic rings. The highest BCUT2D eigenvalue weighted by Crippen LogP contribution is 2.16. The number of likely N-dealkylation sites (N-methyl/N-ethyl adjacent to an activating group) is 1. The Kier molecular flexibility index (Phi) is 3.99. The largest absolute Gasteiger partial charge is 0.478 e. The molecule has 18 heavy (non-hydrogen) atoms. The van der Waals surface area contributed by atoms with Crippen LogP contribution < -0.4 is 0 Å². The van der Waals surface area contributed by atoms with E-state index in [0.717, 1.165) is 25.2 Å². The minimum Gasteiger partial charge on any atom is -0.478 e. The van der Waals surface area contributed by atoms with Gasteiger partial charge in [-0.1, -0.05) is 12.1 Å². The highest BCUT2D eigenvalue weighted by Gasteiger charge is 2.23. The lowest BCUT2D eigenvalue weighted by Crippen LogP contribution is -2.31. The highest BCUT2D eigenvalue weighted by atomic mass is 16.4. The lowest BCUT2D eigenvalue weighted by molar-refractivity contribution is 0.0696. The Morgan fingerprint density at radius 1 is 1.50 bits per heavy atom. The summed E-state index contributed by atoms with van der Waals surface area (Å²) in [5.41, 5.74) is 1.45. The summed E-state index contributed by atoms with van der Waals surface area (Å²) >= 11 is 0. The fraction of sp³-hybridized carbons (Fsp3) is 0.500. The first-order chi connectivity index (χ1) is 8.56. The molecular formula is C14H20N2O2. The Hall–Kier alpha value is -1.39. The van der Waals surface area contributed by atoms with Crippen LogP contribution in [0.5, 0.6) is 0 Å². The molecule has 4 heteroatoms. The van der Waals surface area contributed by atoms with Crippen LogP contribution in [-0.2, 0) is 6.54 Å². The van der Waals surface area contributed by atoms with Crippen molar-refractivity contribution in [1.29, 1.82) is 0 Å². The van der Waals surface area contributed by atoms with Gasteiger partial charge in [-0.25, -0.2) is 4.79 Å². The molecule has 0 amide bonds. The van der Waals surface area contributed by atoms with E-state index in [9.17, 15) is 4.79 Å². The number of carboxylic acid groups (broad SMARTS) is 1. The van der Waals surface area contributed by atoms with Crippen molar-refractivity contribution in [1.82, 2.24) is 9.80 Å². The molecule has 0 bridgehead atoms. The van der Waals surface area contributed by atoms with Crippen LogP contribution in [0.1, 0.15) is 22.3 Å². The summed E-state index contributed by atoms with van der Waals surface area (Å²) in [5.74, 6) is -0.857. The molecule has 1 heterocycles. The predicted octanol–water partition coefficient (Wildman–Crippen LogP) is 1.52. The molecule has 1 aliphatic heterocycles. The maximum absolute atomic E-state index is 10.9. The molecule has 1 saturated heterocycles. The zero-order valence-electron chi connectivity index (χ0n) is 11.0. The van der Waals surface area contributed by atoms with Gasteiger partial charge in [0.25, 0.3) is 0 Å². The fourth-order valence-corrected chi connectivity index (χ4v) is 2.44. The minimum atomic E-state index is -0.857. The van der Waals surface area contributed by atoms with E-state index in [1.54, 1.807) is 12.1 Å². The zero-order valence-corrected chi connectivity index (χ0v) is 11.0. The van der Waals surface area contributed by atoms with E-state index in [4.69, 9.17) is 5.11 Å². The first kappa shape index (κ1) is 13.1. The summed E-state index contributed by atoms with van der Waals surface area (Å²) in [6, 6.07) is 7.84. The molecule has 0 radical (unpaired) electrons. The number of nitrogens with zero attached hydrogens (tertiary/aromatic N) is 2. The minimum absolute atomic E-state index is 0.371. The molecule has 1 aromatic carbocycles. The van der Waals surface area contributed by atoms with Gasteiger partial charge in [0.05, 0.1) is 5.56 Å². The highest BCUT2D eigenvalue weighted by molar-refractivity contribution is 5.87. The molecule has 0 spiro atoms. The van der Waals surface area contributed by atoms with Gasteiger partial charge in [0.1, 0.15) is 0 Å². The van der Waals surface area contributed by atoms with E-state index in [1.807, 2.05) is 12.1 Å². The van der Waals surface area contributed by atoms with Crippen LogP contribution in [0, 0.1) is 0 Å². The molecule has 0 aliphatic carbocycles. The number of rotatable bonds is 4. The molecule has 0 saturated carbocycles. The second kappa shape index (κ2) is 5.50. The van der Waals surface area contributed by atoms with E-state index >= 15 is 0 Å². The van der Waals surface area contributed by atoms with E-state index in [0.29, 0.717) is 11.6 Å². The normalized spacial score (nSPS) is 20.5. The molecule has 1 unspecified atom stereocenters. The Labute approximate surface area is 108 Å². The molecule has 0 aromatic heterocycles. The van der Waals surface area contributed by atoms with Crippen molar-refractivity contribution in [3.63, 3.8) is 0 Å². The van der Waals surface area contributed by atoms with Gasteiger partial charge >= 0.3 is 5.97 Å². The van der Waals surface area contributed by atoms with Crippen molar-refractivity contribution in [2.24, 2.45) is 0 Å². The second-order valence-electron chi connectivity index (χ2n) is 5.15. The average molecular weight is 248 g/mol. The van der Waals surface area contributed by atoms with Gasteiger partial charge in [-0.15, -0.1) is 0 Å². The van der Waals surface area contributed by atoms with Crippen molar-refractivity contribution in [2.75, 3.05) is 27.2 Å². The van der Waals surface area contributed by atoms with Gasteiger partial charge in [0.2, 0.25) is 0 Å². The molecule has 4 nitrogen and oxygen atoms in total. The van der Waals surface area contributed by atoms with Crippen molar-refractivity contribution < 1.29 is 9.90 Å². The Balaban J connectivity index is 1.98. The average Bonchev–Trinajstić information content (AvgIpc) is 2.78. The van der Waals surface area contributed by atoms with E-state index in [2.05, 4.69) is 23.9 Å². The summed E-state index contributed by atoms with van der Waals surface area (Å²) in [7, 11) is 4.22. The van der Waals surface area contributed by atoms with E-state index < -0.39 is 5.97 Å². The summed E-state index contributed by atoms with van der Waals surface area (Å²) in [6.45, 7) is 2.98. The summed E-state index contributed by atoms with van der Waals surface area (Å²) in [6.07, 6.45) is 1.19. The van der Waals surface area contributed by atoms with Crippen LogP contribution in [0.2, 0.25) is 0 Å². The number of aromatic carboxylic acids is 1. The van der Waals surface area contributed by atoms with Crippen LogP contribution in [0.3, 0.4) is 0 Å². The summed E-state index contributed by atoms with van der Waals surface area (Å²) in [5, 5.41) is 8.96. The zero-order chi connectivity index (χ0) is 13.1. The molecular weight excluding hydrogens is 228 g/mol. The Morgan fingerprint density at radius 3 is 2.89 bits per heavy atom. The van der Waals surface area contributed by atoms with E-state index in [-0.39, 0.29) is 0 Å². The number of carboxylic acids is 1. The molecule has 2 rings (SSSR count). The SMILES string of the molecule is CN(C)C1CCN(Cc2cccc(C(=O)O)c2)C1. The van der Waals surface area contributed by atoms with Crippen LogP contribution >= 0.6 is 0 Å². The van der Waals surface area contributed by atoms with Gasteiger partial charge in [-0.05, 0) is 38.2 Å². The first-order valence-electron chi connectivity index (χ1n) is 6.27. The summed E-state index contributed by atoms with van der Waals surface area (Å²) < 4.78 is 0. The van der Waals surface area contributed by atoms with Crippen LogP contribution in [0.25, 0.3) is 0 Å². The van der Waals surface area contributed by atoms with Gasteiger partial charge in [0, 0.05) is 25.7 Å². The maximum Gasteiger partial charge on any atom is 0.335 e. The maximum atomic E-state index is 10.9. The lowest BCUT2D eigenvalue weighted by atomic mass is 10.1. The van der Waals surface area contributed by atoms with Crippen LogP contribution in [0.15, 0.2) is 24.3 Å². The van der Waals surface area contributed by atoms with Crippen LogP contribution in [-0.4, -0.2) is 54.1 Å². The third-order valence-electron chi connectivity index (χ3n) is 3.56. The third-order valence-corrected chi connectivity index (χ3v) is 3.56. The monoisotopic (exact) mass is 248 g/mol. The molecule has 1 atom stereocenters. The smallest absolute Gasteiger partial charge is 0.335 e. The van der Waals surface area contributed by atoms with Gasteiger partial charge < -0.3 is 10.0 Å². The van der Waals surface area contributed by atoms with E-state index in [1.165, 1.54) is 6.42 Å². The number of hydrogen-bond acceptors (Lipinski definition) is 3. The third kappa shape index (κ3) is 3.09.